The number of alkyl halides is 2. The van der Waals surface area contributed by atoms with Crippen LogP contribution in [0.25, 0.3) is 0 Å². The number of halogens is 2. The molecule has 0 aliphatic carbocycles. The van der Waals surface area contributed by atoms with E-state index in [9.17, 15) is 0 Å². The standard InChI is InChI=1S/C12H21Br2N3/c1-4-5-17-11(15-9-16-17)6-12(7-13,8-14)10(2)3/h9-10H,4-8H2,1-3H3. The molecule has 0 atom stereocenters. The third-order valence-corrected chi connectivity index (χ3v) is 5.63. The van der Waals surface area contributed by atoms with Gasteiger partial charge >= 0.3 is 0 Å². The van der Waals surface area contributed by atoms with E-state index >= 15 is 0 Å². The van der Waals surface area contributed by atoms with Gasteiger partial charge in [0.05, 0.1) is 0 Å². The van der Waals surface area contributed by atoms with Crippen LogP contribution in [0.3, 0.4) is 0 Å². The van der Waals surface area contributed by atoms with E-state index in [2.05, 4.69) is 62.7 Å². The van der Waals surface area contributed by atoms with Crippen LogP contribution in [0.2, 0.25) is 0 Å². The van der Waals surface area contributed by atoms with E-state index in [0.717, 1.165) is 35.9 Å². The molecular weight excluding hydrogens is 346 g/mol. The lowest BCUT2D eigenvalue weighted by Crippen LogP contribution is -2.34. The fraction of sp³-hybridized carbons (Fsp3) is 0.833. The van der Waals surface area contributed by atoms with Gasteiger partial charge in [-0.05, 0) is 17.8 Å². The lowest BCUT2D eigenvalue weighted by atomic mass is 9.78. The molecule has 0 unspecified atom stereocenters. The van der Waals surface area contributed by atoms with E-state index in [1.54, 1.807) is 6.33 Å². The Balaban J connectivity index is 2.89. The van der Waals surface area contributed by atoms with Gasteiger partial charge in [0, 0.05) is 23.6 Å². The zero-order valence-electron chi connectivity index (χ0n) is 10.8. The van der Waals surface area contributed by atoms with E-state index in [1.165, 1.54) is 0 Å². The zero-order valence-corrected chi connectivity index (χ0v) is 14.0. The summed E-state index contributed by atoms with van der Waals surface area (Å²) in [6, 6.07) is 0. The van der Waals surface area contributed by atoms with Crippen molar-refractivity contribution in [2.24, 2.45) is 11.3 Å². The SMILES string of the molecule is CCCn1ncnc1CC(CBr)(CBr)C(C)C. The van der Waals surface area contributed by atoms with Crippen molar-refractivity contribution in [3.05, 3.63) is 12.2 Å². The largest absolute Gasteiger partial charge is 0.250 e. The Morgan fingerprint density at radius 2 is 2.00 bits per heavy atom. The first-order chi connectivity index (χ1) is 8.09. The Bertz CT molecular complexity index is 332. The lowest BCUT2D eigenvalue weighted by Gasteiger charge is -2.34. The van der Waals surface area contributed by atoms with Gasteiger partial charge in [0.15, 0.2) is 0 Å². The highest BCUT2D eigenvalue weighted by Gasteiger charge is 2.33. The second-order valence-electron chi connectivity index (χ2n) is 4.86. The molecule has 0 saturated heterocycles. The van der Waals surface area contributed by atoms with Crippen LogP contribution in [0, 0.1) is 11.3 Å². The monoisotopic (exact) mass is 365 g/mol. The Hall–Kier alpha value is 0.100. The minimum Gasteiger partial charge on any atom is -0.250 e. The summed E-state index contributed by atoms with van der Waals surface area (Å²) in [6.07, 6.45) is 3.72. The van der Waals surface area contributed by atoms with Gasteiger partial charge in [-0.25, -0.2) is 4.98 Å². The zero-order chi connectivity index (χ0) is 12.9. The van der Waals surface area contributed by atoms with Crippen molar-refractivity contribution in [1.82, 2.24) is 14.8 Å². The fourth-order valence-electron chi connectivity index (χ4n) is 1.78. The molecule has 1 aromatic rings. The van der Waals surface area contributed by atoms with Crippen molar-refractivity contribution in [1.29, 1.82) is 0 Å². The summed E-state index contributed by atoms with van der Waals surface area (Å²) in [4.78, 5) is 4.41. The molecule has 3 nitrogen and oxygen atoms in total. The molecule has 1 heterocycles. The summed E-state index contributed by atoms with van der Waals surface area (Å²) in [6.45, 7) is 7.65. The highest BCUT2D eigenvalue weighted by molar-refractivity contribution is 9.09. The number of hydrogen-bond donors (Lipinski definition) is 0. The Morgan fingerprint density at radius 3 is 2.47 bits per heavy atom. The van der Waals surface area contributed by atoms with Gasteiger partial charge in [-0.1, -0.05) is 52.6 Å². The summed E-state index contributed by atoms with van der Waals surface area (Å²) in [5.41, 5.74) is 0.207. The van der Waals surface area contributed by atoms with Gasteiger partial charge in [0.2, 0.25) is 0 Å². The fourth-order valence-corrected chi connectivity index (χ4v) is 4.40. The molecule has 0 N–H and O–H groups in total. The molecular formula is C12H21Br2N3. The van der Waals surface area contributed by atoms with Gasteiger partial charge < -0.3 is 0 Å². The van der Waals surface area contributed by atoms with Crippen LogP contribution >= 0.6 is 31.9 Å². The van der Waals surface area contributed by atoms with Crippen molar-refractivity contribution in [2.45, 2.75) is 40.2 Å². The first-order valence-electron chi connectivity index (χ1n) is 6.08. The highest BCUT2D eigenvalue weighted by atomic mass is 79.9. The maximum atomic E-state index is 4.41. The molecule has 0 aromatic carbocycles. The van der Waals surface area contributed by atoms with E-state index in [-0.39, 0.29) is 5.41 Å². The molecule has 0 fully saturated rings. The van der Waals surface area contributed by atoms with Crippen LogP contribution in [-0.4, -0.2) is 25.4 Å². The average Bonchev–Trinajstić information content (AvgIpc) is 2.73. The van der Waals surface area contributed by atoms with Gasteiger partial charge in [0.25, 0.3) is 0 Å². The van der Waals surface area contributed by atoms with Gasteiger partial charge in [-0.2, -0.15) is 5.10 Å². The van der Waals surface area contributed by atoms with Crippen LogP contribution in [0.4, 0.5) is 0 Å². The molecule has 1 rings (SSSR count). The van der Waals surface area contributed by atoms with Crippen LogP contribution in [-0.2, 0) is 13.0 Å². The van der Waals surface area contributed by atoms with E-state index in [1.807, 2.05) is 4.68 Å². The first-order valence-corrected chi connectivity index (χ1v) is 8.32. The molecule has 0 aliphatic rings. The van der Waals surface area contributed by atoms with E-state index < -0.39 is 0 Å². The Morgan fingerprint density at radius 1 is 1.35 bits per heavy atom. The van der Waals surface area contributed by atoms with E-state index in [4.69, 9.17) is 0 Å². The van der Waals surface area contributed by atoms with Crippen molar-refractivity contribution in [3.63, 3.8) is 0 Å². The molecule has 17 heavy (non-hydrogen) atoms. The number of rotatable bonds is 7. The minimum absolute atomic E-state index is 0.207. The first kappa shape index (κ1) is 15.2. The maximum absolute atomic E-state index is 4.41. The molecule has 1 aromatic heterocycles. The predicted octanol–water partition coefficient (Wildman–Crippen LogP) is 3.66. The molecule has 0 aliphatic heterocycles. The Kier molecular flexibility index (Phi) is 6.13. The number of nitrogens with zero attached hydrogens (tertiary/aromatic N) is 3. The summed E-state index contributed by atoms with van der Waals surface area (Å²) < 4.78 is 2.03. The van der Waals surface area contributed by atoms with Crippen molar-refractivity contribution >= 4 is 31.9 Å². The molecule has 0 saturated carbocycles. The summed E-state index contributed by atoms with van der Waals surface area (Å²) in [5.74, 6) is 1.69. The van der Waals surface area contributed by atoms with Gasteiger partial charge in [-0.3, -0.25) is 4.68 Å². The molecule has 0 amide bonds. The van der Waals surface area contributed by atoms with Crippen LogP contribution in [0.1, 0.15) is 33.0 Å². The molecule has 5 heteroatoms. The number of aromatic nitrogens is 3. The third-order valence-electron chi connectivity index (χ3n) is 3.40. The van der Waals surface area contributed by atoms with Gasteiger partial charge in [0.1, 0.15) is 12.2 Å². The summed E-state index contributed by atoms with van der Waals surface area (Å²) in [5, 5.41) is 6.24. The second-order valence-corrected chi connectivity index (χ2v) is 5.98. The molecule has 0 radical (unpaired) electrons. The maximum Gasteiger partial charge on any atom is 0.138 e. The van der Waals surface area contributed by atoms with Crippen LogP contribution < -0.4 is 0 Å². The highest BCUT2D eigenvalue weighted by Crippen LogP contribution is 2.35. The molecule has 0 bridgehead atoms. The normalized spacial score (nSPS) is 12.4. The predicted molar refractivity (Wildman–Crippen MR) is 78.9 cm³/mol. The number of hydrogen-bond acceptors (Lipinski definition) is 2. The minimum atomic E-state index is 0.207. The number of aryl methyl sites for hydroxylation is 1. The van der Waals surface area contributed by atoms with Gasteiger partial charge in [-0.15, -0.1) is 0 Å². The van der Waals surface area contributed by atoms with Crippen molar-refractivity contribution in [3.8, 4) is 0 Å². The Labute approximate surface area is 121 Å². The summed E-state index contributed by atoms with van der Waals surface area (Å²) in [7, 11) is 0. The smallest absolute Gasteiger partial charge is 0.138 e. The van der Waals surface area contributed by atoms with Crippen LogP contribution in [0.15, 0.2) is 6.33 Å². The average molecular weight is 367 g/mol. The quantitative estimate of drug-likeness (QED) is 0.689. The van der Waals surface area contributed by atoms with Crippen molar-refractivity contribution in [2.75, 3.05) is 10.7 Å². The van der Waals surface area contributed by atoms with Crippen LogP contribution in [0.5, 0.6) is 0 Å². The third kappa shape index (κ3) is 3.53. The topological polar surface area (TPSA) is 30.7 Å². The van der Waals surface area contributed by atoms with E-state index in [0.29, 0.717) is 5.92 Å². The summed E-state index contributed by atoms with van der Waals surface area (Å²) >= 11 is 7.31. The van der Waals surface area contributed by atoms with Crippen molar-refractivity contribution < 1.29 is 0 Å². The second kappa shape index (κ2) is 6.88. The molecule has 98 valence electrons. The lowest BCUT2D eigenvalue weighted by molar-refractivity contribution is 0.258. The molecule has 0 spiro atoms.